The molecular weight excluding hydrogens is 332 g/mol. The van der Waals surface area contributed by atoms with E-state index < -0.39 is 20.4 Å². The molecule has 0 aliphatic heterocycles. The maximum absolute atomic E-state index is 12.2. The predicted molar refractivity (Wildman–Crippen MR) is 104 cm³/mol. The Kier molecular flexibility index (Phi) is 8.05. The van der Waals surface area contributed by atoms with E-state index in [4.69, 9.17) is 9.16 Å². The second kappa shape index (κ2) is 9.32. The van der Waals surface area contributed by atoms with E-state index in [1.165, 1.54) is 0 Å². The molecule has 140 valence electrons. The van der Waals surface area contributed by atoms with Crippen molar-refractivity contribution in [3.8, 4) is 0 Å². The SMILES string of the molecule is CCOC(=O)/C(=C/CCO[Si](C)(C)C(C)(C)C)C(O)c1ccccc1. The minimum atomic E-state index is -1.82. The van der Waals surface area contributed by atoms with Crippen molar-refractivity contribution in [3.63, 3.8) is 0 Å². The smallest absolute Gasteiger partial charge is 0.336 e. The summed E-state index contributed by atoms with van der Waals surface area (Å²) in [4.78, 5) is 12.2. The standard InChI is InChI=1S/C20H32O4Si/c1-7-23-19(22)17(18(21)16-12-9-8-10-13-16)14-11-15-24-25(5,6)20(2,3)4/h8-10,12-14,18,21H,7,11,15H2,1-6H3/b17-14+. The third-order valence-electron chi connectivity index (χ3n) is 4.67. The molecule has 0 aromatic heterocycles. The van der Waals surface area contributed by atoms with E-state index in [-0.39, 0.29) is 17.2 Å². The summed E-state index contributed by atoms with van der Waals surface area (Å²) in [6, 6.07) is 9.13. The molecule has 1 unspecified atom stereocenters. The Morgan fingerprint density at radius 2 is 1.84 bits per heavy atom. The average molecular weight is 365 g/mol. The molecule has 0 amide bonds. The van der Waals surface area contributed by atoms with Crippen LogP contribution in [0.5, 0.6) is 0 Å². The summed E-state index contributed by atoms with van der Waals surface area (Å²) in [5.41, 5.74) is 0.944. The monoisotopic (exact) mass is 364 g/mol. The van der Waals surface area contributed by atoms with Crippen molar-refractivity contribution in [2.45, 2.75) is 58.4 Å². The highest BCUT2D eigenvalue weighted by molar-refractivity contribution is 6.74. The Balaban J connectivity index is 2.83. The summed E-state index contributed by atoms with van der Waals surface area (Å²) in [6.07, 6.45) is 1.31. The molecule has 4 nitrogen and oxygen atoms in total. The van der Waals surface area contributed by atoms with Gasteiger partial charge in [0.05, 0.1) is 12.2 Å². The fraction of sp³-hybridized carbons (Fsp3) is 0.550. The van der Waals surface area contributed by atoms with Gasteiger partial charge in [0.1, 0.15) is 6.10 Å². The zero-order chi connectivity index (χ0) is 19.1. The second-order valence-electron chi connectivity index (χ2n) is 7.59. The molecule has 0 spiro atoms. The maximum Gasteiger partial charge on any atom is 0.336 e. The quantitative estimate of drug-likeness (QED) is 0.316. The summed E-state index contributed by atoms with van der Waals surface area (Å²) in [6.45, 7) is 13.5. The number of carbonyl (C=O) groups excluding carboxylic acids is 1. The fourth-order valence-corrected chi connectivity index (χ4v) is 3.14. The van der Waals surface area contributed by atoms with E-state index >= 15 is 0 Å². The number of hydrogen-bond acceptors (Lipinski definition) is 4. The van der Waals surface area contributed by atoms with Crippen molar-refractivity contribution in [2.75, 3.05) is 13.2 Å². The number of esters is 1. The van der Waals surface area contributed by atoms with Gasteiger partial charge in [0.2, 0.25) is 0 Å². The van der Waals surface area contributed by atoms with E-state index in [1.807, 2.05) is 18.2 Å². The van der Waals surface area contributed by atoms with Crippen LogP contribution in [0.15, 0.2) is 42.0 Å². The van der Waals surface area contributed by atoms with E-state index in [9.17, 15) is 9.90 Å². The zero-order valence-corrected chi connectivity index (χ0v) is 17.3. The van der Waals surface area contributed by atoms with Crippen LogP contribution in [0, 0.1) is 0 Å². The largest absolute Gasteiger partial charge is 0.463 e. The molecule has 1 N–H and O–H groups in total. The average Bonchev–Trinajstić information content (AvgIpc) is 2.54. The first-order valence-corrected chi connectivity index (χ1v) is 11.7. The fourth-order valence-electron chi connectivity index (χ4n) is 2.08. The van der Waals surface area contributed by atoms with Gasteiger partial charge in [-0.2, -0.15) is 0 Å². The van der Waals surface area contributed by atoms with Crippen LogP contribution in [-0.2, 0) is 14.0 Å². The van der Waals surface area contributed by atoms with E-state index in [2.05, 4.69) is 33.9 Å². The zero-order valence-electron chi connectivity index (χ0n) is 16.3. The summed E-state index contributed by atoms with van der Waals surface area (Å²) in [5, 5.41) is 10.7. The molecule has 1 rings (SSSR count). The van der Waals surface area contributed by atoms with Gasteiger partial charge in [-0.05, 0) is 37.0 Å². The Morgan fingerprint density at radius 3 is 2.36 bits per heavy atom. The molecule has 0 fully saturated rings. The van der Waals surface area contributed by atoms with Gasteiger partial charge in [-0.3, -0.25) is 0 Å². The van der Waals surface area contributed by atoms with Crippen LogP contribution >= 0.6 is 0 Å². The topological polar surface area (TPSA) is 55.8 Å². The van der Waals surface area contributed by atoms with Gasteiger partial charge >= 0.3 is 5.97 Å². The number of hydrogen-bond donors (Lipinski definition) is 1. The number of aliphatic hydroxyl groups excluding tert-OH is 1. The normalized spacial score (nSPS) is 14.3. The van der Waals surface area contributed by atoms with Crippen LogP contribution in [-0.4, -0.2) is 32.6 Å². The van der Waals surface area contributed by atoms with Crippen molar-refractivity contribution >= 4 is 14.3 Å². The Bertz CT molecular complexity index is 573. The Hall–Kier alpha value is -1.43. The first kappa shape index (κ1) is 21.6. The Labute approximate surface area is 153 Å². The highest BCUT2D eigenvalue weighted by atomic mass is 28.4. The molecule has 0 saturated heterocycles. The lowest BCUT2D eigenvalue weighted by Gasteiger charge is -2.36. The lowest BCUT2D eigenvalue weighted by Crippen LogP contribution is -2.40. The van der Waals surface area contributed by atoms with Crippen LogP contribution in [0.25, 0.3) is 0 Å². The molecule has 0 aliphatic carbocycles. The van der Waals surface area contributed by atoms with Crippen molar-refractivity contribution in [1.29, 1.82) is 0 Å². The Morgan fingerprint density at radius 1 is 1.24 bits per heavy atom. The molecule has 1 aromatic rings. The molecule has 1 aromatic carbocycles. The number of ether oxygens (including phenoxy) is 1. The molecule has 5 heteroatoms. The van der Waals surface area contributed by atoms with Crippen molar-refractivity contribution in [1.82, 2.24) is 0 Å². The van der Waals surface area contributed by atoms with Crippen LogP contribution in [0.3, 0.4) is 0 Å². The van der Waals surface area contributed by atoms with Gasteiger partial charge in [-0.15, -0.1) is 0 Å². The third kappa shape index (κ3) is 6.42. The molecule has 0 saturated carbocycles. The number of aliphatic hydroxyl groups is 1. The molecular formula is C20H32O4Si. The van der Waals surface area contributed by atoms with Gasteiger partial charge < -0.3 is 14.3 Å². The number of carbonyl (C=O) groups is 1. The van der Waals surface area contributed by atoms with Crippen molar-refractivity contribution < 1.29 is 19.1 Å². The summed E-state index contributed by atoms with van der Waals surface area (Å²) < 4.78 is 11.2. The van der Waals surface area contributed by atoms with Gasteiger partial charge in [0, 0.05) is 6.61 Å². The van der Waals surface area contributed by atoms with Crippen molar-refractivity contribution in [2.24, 2.45) is 0 Å². The van der Waals surface area contributed by atoms with Gasteiger partial charge in [-0.25, -0.2) is 4.79 Å². The molecule has 0 radical (unpaired) electrons. The summed E-state index contributed by atoms with van der Waals surface area (Å²) in [7, 11) is -1.82. The highest BCUT2D eigenvalue weighted by Crippen LogP contribution is 2.36. The van der Waals surface area contributed by atoms with Crippen molar-refractivity contribution in [3.05, 3.63) is 47.5 Å². The second-order valence-corrected chi connectivity index (χ2v) is 12.4. The predicted octanol–water partition coefficient (Wildman–Crippen LogP) is 4.62. The summed E-state index contributed by atoms with van der Waals surface area (Å²) >= 11 is 0. The molecule has 25 heavy (non-hydrogen) atoms. The number of rotatable bonds is 8. The summed E-state index contributed by atoms with van der Waals surface area (Å²) in [5.74, 6) is -0.480. The highest BCUT2D eigenvalue weighted by Gasteiger charge is 2.36. The third-order valence-corrected chi connectivity index (χ3v) is 9.21. The van der Waals surface area contributed by atoms with Gasteiger partial charge in [0.15, 0.2) is 8.32 Å². The molecule has 1 atom stereocenters. The first-order chi connectivity index (χ1) is 11.6. The van der Waals surface area contributed by atoms with Gasteiger partial charge in [0.25, 0.3) is 0 Å². The van der Waals surface area contributed by atoms with Crippen LogP contribution in [0.4, 0.5) is 0 Å². The molecule has 0 bridgehead atoms. The van der Waals surface area contributed by atoms with Crippen LogP contribution < -0.4 is 0 Å². The first-order valence-electron chi connectivity index (χ1n) is 8.84. The lowest BCUT2D eigenvalue weighted by molar-refractivity contribution is -0.139. The molecule has 0 heterocycles. The van der Waals surface area contributed by atoms with Crippen LogP contribution in [0.1, 0.15) is 45.8 Å². The van der Waals surface area contributed by atoms with E-state index in [0.29, 0.717) is 18.6 Å². The van der Waals surface area contributed by atoms with E-state index in [1.54, 1.807) is 25.1 Å². The minimum absolute atomic E-state index is 0.143. The van der Waals surface area contributed by atoms with Crippen LogP contribution in [0.2, 0.25) is 18.1 Å². The lowest BCUT2D eigenvalue weighted by atomic mass is 10.0. The molecule has 0 aliphatic rings. The van der Waals surface area contributed by atoms with Gasteiger partial charge in [-0.1, -0.05) is 57.2 Å². The van der Waals surface area contributed by atoms with E-state index in [0.717, 1.165) is 0 Å². The number of benzene rings is 1. The maximum atomic E-state index is 12.2. The minimum Gasteiger partial charge on any atom is -0.463 e.